The van der Waals surface area contributed by atoms with Gasteiger partial charge in [0.1, 0.15) is 23.0 Å². The minimum absolute atomic E-state index is 0.0948. The number of esters is 1. The number of nitrogens with zero attached hydrogens (tertiary/aromatic N) is 2. The molecule has 0 saturated heterocycles. The molecule has 0 fully saturated rings. The largest absolute Gasteiger partial charge is 0.497 e. The molecule has 128 valence electrons. The maximum atomic E-state index is 12.6. The zero-order valence-corrected chi connectivity index (χ0v) is 14.9. The van der Waals surface area contributed by atoms with Gasteiger partial charge in [0.25, 0.3) is 5.91 Å². The van der Waals surface area contributed by atoms with Crippen LogP contribution >= 0.6 is 11.3 Å². The summed E-state index contributed by atoms with van der Waals surface area (Å²) in [5.41, 5.74) is 1.23. The third-order valence-electron chi connectivity index (χ3n) is 3.47. The van der Waals surface area contributed by atoms with E-state index in [-0.39, 0.29) is 18.5 Å². The van der Waals surface area contributed by atoms with Crippen LogP contribution < -0.4 is 4.74 Å². The number of aromatic nitrogens is 1. The summed E-state index contributed by atoms with van der Waals surface area (Å²) in [6, 6.07) is 7.33. The van der Waals surface area contributed by atoms with Gasteiger partial charge < -0.3 is 14.4 Å². The summed E-state index contributed by atoms with van der Waals surface area (Å²) in [6.07, 6.45) is 0. The molecule has 0 bridgehead atoms. The normalized spacial score (nSPS) is 10.5. The van der Waals surface area contributed by atoms with Gasteiger partial charge in [0, 0.05) is 17.0 Å². The van der Waals surface area contributed by atoms with Gasteiger partial charge in [-0.05, 0) is 38.1 Å². The van der Waals surface area contributed by atoms with E-state index in [4.69, 9.17) is 4.74 Å². The number of amides is 1. The van der Waals surface area contributed by atoms with Crippen LogP contribution in [-0.2, 0) is 9.53 Å². The van der Waals surface area contributed by atoms with Gasteiger partial charge in [-0.15, -0.1) is 11.3 Å². The summed E-state index contributed by atoms with van der Waals surface area (Å²) in [7, 11) is 2.91. The lowest BCUT2D eigenvalue weighted by Crippen LogP contribution is -2.41. The van der Waals surface area contributed by atoms with E-state index in [0.29, 0.717) is 5.69 Å². The average Bonchev–Trinajstić information content (AvgIpc) is 3.08. The molecule has 0 saturated carbocycles. The van der Waals surface area contributed by atoms with Crippen molar-refractivity contribution in [2.45, 2.75) is 19.9 Å². The van der Waals surface area contributed by atoms with Crippen molar-refractivity contribution >= 4 is 23.2 Å². The molecule has 0 atom stereocenters. The number of carbonyl (C=O) groups excluding carboxylic acids is 2. The molecule has 0 unspecified atom stereocenters. The summed E-state index contributed by atoms with van der Waals surface area (Å²) in [6.45, 7) is 3.59. The van der Waals surface area contributed by atoms with Crippen LogP contribution in [0, 0.1) is 0 Å². The number of hydrogen-bond acceptors (Lipinski definition) is 6. The van der Waals surface area contributed by atoms with Gasteiger partial charge in [0.05, 0.1) is 14.2 Å². The first kappa shape index (κ1) is 17.9. The fraction of sp³-hybridized carbons (Fsp3) is 0.353. The first-order valence-corrected chi connectivity index (χ1v) is 8.32. The van der Waals surface area contributed by atoms with Gasteiger partial charge in [0.2, 0.25) is 0 Å². The SMILES string of the molecule is COC(=O)CN(C(=O)c1csc(-c2ccc(OC)cc2)n1)C(C)C. The Kier molecular flexibility index (Phi) is 5.92. The maximum Gasteiger partial charge on any atom is 0.325 e. The molecule has 0 aliphatic heterocycles. The topological polar surface area (TPSA) is 68.7 Å². The molecule has 2 aromatic rings. The molecule has 1 amide bonds. The van der Waals surface area contributed by atoms with Crippen molar-refractivity contribution in [1.82, 2.24) is 9.88 Å². The van der Waals surface area contributed by atoms with E-state index in [1.807, 2.05) is 38.1 Å². The van der Waals surface area contributed by atoms with Crippen LogP contribution in [0.5, 0.6) is 5.75 Å². The quantitative estimate of drug-likeness (QED) is 0.751. The van der Waals surface area contributed by atoms with Crippen molar-refractivity contribution in [1.29, 1.82) is 0 Å². The second kappa shape index (κ2) is 7.92. The number of methoxy groups -OCH3 is 2. The Morgan fingerprint density at radius 3 is 2.42 bits per heavy atom. The van der Waals surface area contributed by atoms with Crippen LogP contribution in [0.1, 0.15) is 24.3 Å². The van der Waals surface area contributed by atoms with Crippen LogP contribution in [0.2, 0.25) is 0 Å². The van der Waals surface area contributed by atoms with Crippen molar-refractivity contribution < 1.29 is 19.1 Å². The molecule has 0 N–H and O–H groups in total. The van der Waals surface area contributed by atoms with Crippen LogP contribution in [0.3, 0.4) is 0 Å². The summed E-state index contributed by atoms with van der Waals surface area (Å²) in [5.74, 6) is 0.0183. The predicted molar refractivity (Wildman–Crippen MR) is 92.3 cm³/mol. The number of ether oxygens (including phenoxy) is 2. The highest BCUT2D eigenvalue weighted by Gasteiger charge is 2.24. The molecule has 1 aromatic carbocycles. The predicted octanol–water partition coefficient (Wildman–Crippen LogP) is 2.84. The summed E-state index contributed by atoms with van der Waals surface area (Å²) in [5, 5.41) is 2.44. The van der Waals surface area contributed by atoms with E-state index in [1.54, 1.807) is 12.5 Å². The smallest absolute Gasteiger partial charge is 0.325 e. The van der Waals surface area contributed by atoms with Crippen molar-refractivity contribution in [3.8, 4) is 16.3 Å². The van der Waals surface area contributed by atoms with Crippen molar-refractivity contribution in [3.63, 3.8) is 0 Å². The van der Waals surface area contributed by atoms with Crippen LogP contribution in [0.4, 0.5) is 0 Å². The van der Waals surface area contributed by atoms with Crippen molar-refractivity contribution in [2.24, 2.45) is 0 Å². The first-order chi connectivity index (χ1) is 11.5. The second-order valence-corrected chi connectivity index (χ2v) is 6.23. The van der Waals surface area contributed by atoms with Gasteiger partial charge in [-0.3, -0.25) is 9.59 Å². The maximum absolute atomic E-state index is 12.6. The minimum atomic E-state index is -0.456. The Hall–Kier alpha value is -2.41. The Bertz CT molecular complexity index is 710. The molecule has 2 rings (SSSR count). The van der Waals surface area contributed by atoms with Crippen LogP contribution in [0.25, 0.3) is 10.6 Å². The third-order valence-corrected chi connectivity index (χ3v) is 4.36. The number of rotatable bonds is 6. The second-order valence-electron chi connectivity index (χ2n) is 5.37. The van der Waals surface area contributed by atoms with E-state index < -0.39 is 5.97 Å². The number of benzene rings is 1. The van der Waals surface area contributed by atoms with E-state index in [9.17, 15) is 9.59 Å². The molecular formula is C17H20N2O4S. The molecular weight excluding hydrogens is 328 g/mol. The Morgan fingerprint density at radius 1 is 1.21 bits per heavy atom. The van der Waals surface area contributed by atoms with Gasteiger partial charge in [-0.2, -0.15) is 0 Å². The zero-order chi connectivity index (χ0) is 17.7. The van der Waals surface area contributed by atoms with Crippen LogP contribution in [-0.4, -0.2) is 48.6 Å². The Balaban J connectivity index is 2.20. The molecule has 0 aliphatic carbocycles. The van der Waals surface area contributed by atoms with E-state index in [0.717, 1.165) is 16.3 Å². The zero-order valence-electron chi connectivity index (χ0n) is 14.1. The third kappa shape index (κ3) is 4.11. The number of hydrogen-bond donors (Lipinski definition) is 0. The summed E-state index contributed by atoms with van der Waals surface area (Å²) in [4.78, 5) is 30.0. The Labute approximate surface area is 145 Å². The highest BCUT2D eigenvalue weighted by Crippen LogP contribution is 2.26. The van der Waals surface area contributed by atoms with Gasteiger partial charge >= 0.3 is 5.97 Å². The molecule has 1 aromatic heterocycles. The standard InChI is InChI=1S/C17H20N2O4S/c1-11(2)19(9-15(20)23-4)17(21)14-10-24-16(18-14)12-5-7-13(22-3)8-6-12/h5-8,10-11H,9H2,1-4H3. The Morgan fingerprint density at radius 2 is 1.88 bits per heavy atom. The fourth-order valence-corrected chi connectivity index (χ4v) is 2.88. The van der Waals surface area contributed by atoms with Crippen molar-refractivity contribution in [3.05, 3.63) is 35.3 Å². The van der Waals surface area contributed by atoms with Gasteiger partial charge in [-0.1, -0.05) is 0 Å². The van der Waals surface area contributed by atoms with Crippen LogP contribution in [0.15, 0.2) is 29.6 Å². The lowest BCUT2D eigenvalue weighted by molar-refractivity contribution is -0.141. The molecule has 1 heterocycles. The number of thiazole rings is 1. The highest BCUT2D eigenvalue weighted by molar-refractivity contribution is 7.13. The van der Waals surface area contributed by atoms with E-state index in [2.05, 4.69) is 9.72 Å². The lowest BCUT2D eigenvalue weighted by atomic mass is 10.2. The molecule has 0 radical (unpaired) electrons. The molecule has 0 aliphatic rings. The minimum Gasteiger partial charge on any atom is -0.497 e. The molecule has 6 nitrogen and oxygen atoms in total. The van der Waals surface area contributed by atoms with E-state index >= 15 is 0 Å². The van der Waals surface area contributed by atoms with Crippen molar-refractivity contribution in [2.75, 3.05) is 20.8 Å². The first-order valence-electron chi connectivity index (χ1n) is 7.44. The lowest BCUT2D eigenvalue weighted by Gasteiger charge is -2.24. The average molecular weight is 348 g/mol. The van der Waals surface area contributed by atoms with Gasteiger partial charge in [-0.25, -0.2) is 4.98 Å². The molecule has 24 heavy (non-hydrogen) atoms. The highest BCUT2D eigenvalue weighted by atomic mass is 32.1. The van der Waals surface area contributed by atoms with E-state index in [1.165, 1.54) is 23.3 Å². The van der Waals surface area contributed by atoms with Gasteiger partial charge in [0.15, 0.2) is 0 Å². The fourth-order valence-electron chi connectivity index (χ4n) is 2.08. The molecule has 0 spiro atoms. The summed E-state index contributed by atoms with van der Waals surface area (Å²) >= 11 is 1.38. The monoisotopic (exact) mass is 348 g/mol. The number of carbonyl (C=O) groups is 2. The molecule has 7 heteroatoms. The summed E-state index contributed by atoms with van der Waals surface area (Å²) < 4.78 is 9.78.